The summed E-state index contributed by atoms with van der Waals surface area (Å²) in [7, 11) is 0. The van der Waals surface area contributed by atoms with Gasteiger partial charge in [-0.2, -0.15) is 0 Å². The van der Waals surface area contributed by atoms with Gasteiger partial charge in [0.1, 0.15) is 5.60 Å². The first kappa shape index (κ1) is 18.5. The summed E-state index contributed by atoms with van der Waals surface area (Å²) in [6.45, 7) is 8.91. The normalized spacial score (nSPS) is 24.7. The molecule has 0 radical (unpaired) electrons. The quantitative estimate of drug-likeness (QED) is 0.772. The summed E-state index contributed by atoms with van der Waals surface area (Å²) in [5.41, 5.74) is -0.553. The Morgan fingerprint density at radius 1 is 1.39 bits per heavy atom. The Morgan fingerprint density at radius 3 is 2.70 bits per heavy atom. The number of nitrogens with one attached hydrogen (secondary N) is 1. The number of piperidine rings is 1. The van der Waals surface area contributed by atoms with Crippen molar-refractivity contribution in [3.8, 4) is 0 Å². The molecule has 134 valence electrons. The molecular weight excluding hydrogens is 296 g/mol. The minimum atomic E-state index is -0.449. The molecule has 2 N–H and O–H groups in total. The van der Waals surface area contributed by atoms with Crippen LogP contribution in [0.25, 0.3) is 0 Å². The monoisotopic (exact) mass is 328 g/mol. The summed E-state index contributed by atoms with van der Waals surface area (Å²) in [6.07, 6.45) is 4.30. The lowest BCUT2D eigenvalue weighted by Crippen LogP contribution is -2.54. The van der Waals surface area contributed by atoms with E-state index < -0.39 is 5.60 Å². The largest absolute Gasteiger partial charge is 0.444 e. The van der Waals surface area contributed by atoms with Gasteiger partial charge >= 0.3 is 6.09 Å². The zero-order valence-electron chi connectivity index (χ0n) is 14.8. The maximum absolute atomic E-state index is 12.2. The van der Waals surface area contributed by atoms with Gasteiger partial charge in [0.15, 0.2) is 0 Å². The van der Waals surface area contributed by atoms with E-state index in [1.54, 1.807) is 4.90 Å². The van der Waals surface area contributed by atoms with Gasteiger partial charge < -0.3 is 24.8 Å². The lowest BCUT2D eigenvalue weighted by Gasteiger charge is -2.46. The van der Waals surface area contributed by atoms with E-state index in [0.717, 1.165) is 45.3 Å². The van der Waals surface area contributed by atoms with Crippen LogP contribution in [0.4, 0.5) is 4.79 Å². The summed E-state index contributed by atoms with van der Waals surface area (Å²) in [6, 6.07) is 0.448. The van der Waals surface area contributed by atoms with Gasteiger partial charge in [-0.25, -0.2) is 4.79 Å². The molecule has 6 heteroatoms. The lowest BCUT2D eigenvalue weighted by atomic mass is 9.82. The molecule has 1 unspecified atom stereocenters. The van der Waals surface area contributed by atoms with Gasteiger partial charge in [0, 0.05) is 32.3 Å². The molecule has 2 aliphatic heterocycles. The molecule has 1 amide bonds. The highest BCUT2D eigenvalue weighted by molar-refractivity contribution is 5.68. The first-order valence-electron chi connectivity index (χ1n) is 8.80. The van der Waals surface area contributed by atoms with Crippen LogP contribution in [0.15, 0.2) is 0 Å². The van der Waals surface area contributed by atoms with Crippen LogP contribution < -0.4 is 5.32 Å². The molecule has 2 fully saturated rings. The second-order valence-corrected chi connectivity index (χ2v) is 7.72. The highest BCUT2D eigenvalue weighted by Gasteiger charge is 2.41. The third kappa shape index (κ3) is 5.62. The van der Waals surface area contributed by atoms with E-state index in [1.165, 1.54) is 0 Å². The summed E-state index contributed by atoms with van der Waals surface area (Å²) in [5.74, 6) is 0. The number of hydrogen-bond acceptors (Lipinski definition) is 5. The van der Waals surface area contributed by atoms with E-state index in [0.29, 0.717) is 19.1 Å². The van der Waals surface area contributed by atoms with Gasteiger partial charge in [-0.1, -0.05) is 0 Å². The zero-order chi connectivity index (χ0) is 16.9. The van der Waals surface area contributed by atoms with Gasteiger partial charge in [0.25, 0.3) is 0 Å². The minimum absolute atomic E-state index is 0.104. The Bertz CT molecular complexity index is 387. The van der Waals surface area contributed by atoms with E-state index in [9.17, 15) is 4.79 Å². The highest BCUT2D eigenvalue weighted by Crippen LogP contribution is 2.35. The number of carbonyl (C=O) groups excluding carboxylic acids is 1. The molecule has 0 aromatic carbocycles. The molecule has 23 heavy (non-hydrogen) atoms. The van der Waals surface area contributed by atoms with Crippen LogP contribution in [0, 0.1) is 0 Å². The molecule has 2 aliphatic rings. The molecule has 6 nitrogen and oxygen atoms in total. The molecule has 2 saturated heterocycles. The number of carbonyl (C=O) groups is 1. The van der Waals surface area contributed by atoms with Gasteiger partial charge in [0.2, 0.25) is 0 Å². The third-order valence-corrected chi connectivity index (χ3v) is 4.59. The van der Waals surface area contributed by atoms with Gasteiger partial charge in [-0.3, -0.25) is 0 Å². The predicted octanol–water partition coefficient (Wildman–Crippen LogP) is 1.91. The molecule has 1 atom stereocenters. The highest BCUT2D eigenvalue weighted by atomic mass is 16.6. The fourth-order valence-electron chi connectivity index (χ4n) is 3.36. The van der Waals surface area contributed by atoms with Crippen molar-refractivity contribution in [3.05, 3.63) is 0 Å². The lowest BCUT2D eigenvalue weighted by molar-refractivity contribution is -0.118. The van der Waals surface area contributed by atoms with Crippen LogP contribution in [0.2, 0.25) is 0 Å². The molecule has 1 spiro atoms. The number of likely N-dealkylation sites (tertiary alicyclic amines) is 1. The Hall–Kier alpha value is -0.850. The molecular formula is C17H32N2O4. The number of ether oxygens (including phenoxy) is 2. The Labute approximate surface area is 139 Å². The molecule has 0 aromatic rings. The summed E-state index contributed by atoms with van der Waals surface area (Å²) in [4.78, 5) is 13.9. The first-order chi connectivity index (χ1) is 10.8. The van der Waals surface area contributed by atoms with E-state index in [2.05, 4.69) is 5.32 Å². The second kappa shape index (κ2) is 7.81. The van der Waals surface area contributed by atoms with Crippen molar-refractivity contribution in [2.45, 2.75) is 70.1 Å². The van der Waals surface area contributed by atoms with Crippen LogP contribution >= 0.6 is 0 Å². The summed E-state index contributed by atoms with van der Waals surface area (Å²) < 4.78 is 11.6. The van der Waals surface area contributed by atoms with Crippen molar-refractivity contribution < 1.29 is 19.4 Å². The van der Waals surface area contributed by atoms with Gasteiger partial charge in [0.05, 0.1) is 5.60 Å². The molecule has 0 aromatic heterocycles. The third-order valence-electron chi connectivity index (χ3n) is 4.59. The minimum Gasteiger partial charge on any atom is -0.444 e. The van der Waals surface area contributed by atoms with Crippen molar-refractivity contribution in [1.82, 2.24) is 10.2 Å². The van der Waals surface area contributed by atoms with Crippen molar-refractivity contribution in [2.75, 3.05) is 32.8 Å². The fraction of sp³-hybridized carbons (Fsp3) is 0.941. The van der Waals surface area contributed by atoms with Crippen molar-refractivity contribution in [2.24, 2.45) is 0 Å². The number of rotatable bonds is 4. The van der Waals surface area contributed by atoms with E-state index >= 15 is 0 Å². The van der Waals surface area contributed by atoms with Crippen LogP contribution in [0.1, 0.15) is 52.9 Å². The topological polar surface area (TPSA) is 71.0 Å². The van der Waals surface area contributed by atoms with E-state index in [4.69, 9.17) is 14.6 Å². The van der Waals surface area contributed by atoms with Crippen molar-refractivity contribution in [3.63, 3.8) is 0 Å². The first-order valence-corrected chi connectivity index (χ1v) is 8.80. The molecule has 2 rings (SSSR count). The van der Waals surface area contributed by atoms with Crippen LogP contribution in [0.5, 0.6) is 0 Å². The predicted molar refractivity (Wildman–Crippen MR) is 88.5 cm³/mol. The number of nitrogens with zero attached hydrogens (tertiary/aromatic N) is 1. The van der Waals surface area contributed by atoms with Gasteiger partial charge in [-0.05, 0) is 59.4 Å². The summed E-state index contributed by atoms with van der Waals surface area (Å²) >= 11 is 0. The molecule has 2 heterocycles. The standard InChI is InChI=1S/C17H32N2O4/c1-16(2,3)23-15(21)19-9-6-17(7-10-19)13-14(5-12-22-17)18-8-4-11-20/h14,18,20H,4-13H2,1-3H3. The van der Waals surface area contributed by atoms with Crippen molar-refractivity contribution >= 4 is 6.09 Å². The zero-order valence-corrected chi connectivity index (χ0v) is 14.8. The maximum Gasteiger partial charge on any atom is 0.410 e. The Balaban J connectivity index is 1.81. The Kier molecular flexibility index (Phi) is 6.28. The number of aliphatic hydroxyl groups excluding tert-OH is 1. The average Bonchev–Trinajstić information content (AvgIpc) is 2.47. The maximum atomic E-state index is 12.2. The van der Waals surface area contributed by atoms with Gasteiger partial charge in [-0.15, -0.1) is 0 Å². The van der Waals surface area contributed by atoms with Crippen LogP contribution in [-0.2, 0) is 9.47 Å². The Morgan fingerprint density at radius 2 is 2.09 bits per heavy atom. The van der Waals surface area contributed by atoms with Crippen LogP contribution in [-0.4, -0.2) is 66.2 Å². The second-order valence-electron chi connectivity index (χ2n) is 7.72. The van der Waals surface area contributed by atoms with Crippen molar-refractivity contribution in [1.29, 1.82) is 0 Å². The fourth-order valence-corrected chi connectivity index (χ4v) is 3.36. The molecule has 0 bridgehead atoms. The molecule has 0 aliphatic carbocycles. The average molecular weight is 328 g/mol. The number of amides is 1. The number of hydrogen-bond donors (Lipinski definition) is 2. The smallest absolute Gasteiger partial charge is 0.410 e. The SMILES string of the molecule is CC(C)(C)OC(=O)N1CCC2(CC1)CC(NCCCO)CCO2. The van der Waals surface area contributed by atoms with Crippen LogP contribution in [0.3, 0.4) is 0 Å². The number of aliphatic hydroxyl groups is 1. The molecule has 0 saturated carbocycles. The van der Waals surface area contributed by atoms with E-state index in [1.807, 2.05) is 20.8 Å². The summed E-state index contributed by atoms with van der Waals surface area (Å²) in [5, 5.41) is 12.4. The van der Waals surface area contributed by atoms with E-state index in [-0.39, 0.29) is 18.3 Å².